The normalized spacial score (nSPS) is 10.8. The third-order valence-electron chi connectivity index (χ3n) is 20.3. The predicted octanol–water partition coefficient (Wildman–Crippen LogP) is 26.8. The molecule has 20 aromatic carbocycles. The van der Waals surface area contributed by atoms with Gasteiger partial charge in [0.1, 0.15) is 0 Å². The minimum Gasteiger partial charge on any atom is -0.226 e. The molecule has 20 rings (SSSR count). The minimum atomic E-state index is 0. The number of benzene rings is 20. The van der Waals surface area contributed by atoms with Gasteiger partial charge >= 0.3 is 0 Å². The molecule has 0 aliphatic heterocycles. The molecule has 0 aliphatic rings. The van der Waals surface area contributed by atoms with Gasteiger partial charge in [0.15, 0.2) is 0 Å². The number of rotatable bonds is 12. The van der Waals surface area contributed by atoms with Crippen LogP contribution in [0.2, 0.25) is 0 Å². The van der Waals surface area contributed by atoms with Gasteiger partial charge in [-0.15, -0.1) is 143 Å². The van der Waals surface area contributed by atoms with Crippen LogP contribution in [0.25, 0.3) is 198 Å². The molecule has 0 aliphatic carbocycles. The maximum atomic E-state index is 3.61. The SMILES string of the molecule is [Y].[Y].[Y].[Y].[Y].[Y].[c-]1ccccc1-c1[c-]cc(-c2cc(-c3c[c-]c(-c4[c-]cccc4)cc3)c3ccc4c(-c5c[c-]c(-c6[c-]cccc6)cc5)cc(-c5c[c-]c(-c6[c-]cccc6)cc5)c5ccc2c3c54)cc1.[c-]1ccccc1-c1[c-]cc(-c2ccc3ccc4c(-c5c[c-]c(-c6[c-]cccc6)cc5)ccc5ccc2c3c54)cc1. The largest absolute Gasteiger partial charge is 0.226 e. The summed E-state index contributed by atoms with van der Waals surface area (Å²) in [7, 11) is 0. The Kier molecular flexibility index (Phi) is 26.9. The molecule has 0 spiro atoms. The topological polar surface area (TPSA) is 0 Å². The van der Waals surface area contributed by atoms with E-state index in [1.807, 2.05) is 109 Å². The fourth-order valence-corrected chi connectivity index (χ4v) is 15.2. The first-order valence-electron chi connectivity index (χ1n) is 35.0. The van der Waals surface area contributed by atoms with Crippen LogP contribution in [0.3, 0.4) is 0 Å². The van der Waals surface area contributed by atoms with Gasteiger partial charge in [0.2, 0.25) is 0 Å². The summed E-state index contributed by atoms with van der Waals surface area (Å²) in [6.45, 7) is 0. The molecule has 0 aromatic heterocycles. The summed E-state index contributed by atoms with van der Waals surface area (Å²) < 4.78 is 0. The molecule has 0 bridgehead atoms. The van der Waals surface area contributed by atoms with Gasteiger partial charge in [0.25, 0.3) is 0 Å². The van der Waals surface area contributed by atoms with E-state index in [0.717, 1.165) is 111 Å². The molecule has 0 atom stereocenters. The van der Waals surface area contributed by atoms with E-state index in [9.17, 15) is 0 Å². The third kappa shape index (κ3) is 16.1. The first-order valence-corrected chi connectivity index (χ1v) is 35.0. The molecule has 502 valence electrons. The van der Waals surface area contributed by atoms with Crippen molar-refractivity contribution in [3.8, 4) is 134 Å². The van der Waals surface area contributed by atoms with Crippen LogP contribution in [0.5, 0.6) is 0 Å². The van der Waals surface area contributed by atoms with Gasteiger partial charge in [0.05, 0.1) is 0 Å². The molecular formula is C104H56Y6-12. The van der Waals surface area contributed by atoms with Gasteiger partial charge in [-0.2, -0.15) is 218 Å². The summed E-state index contributed by atoms with van der Waals surface area (Å²) in [6.07, 6.45) is 0. The van der Waals surface area contributed by atoms with Crippen LogP contribution in [-0.2, 0) is 196 Å². The molecule has 6 heteroatoms. The van der Waals surface area contributed by atoms with Gasteiger partial charge in [-0.3, -0.25) is 0 Å². The Morgan fingerprint density at radius 2 is 0.336 bits per heavy atom. The van der Waals surface area contributed by atoms with E-state index in [2.05, 4.69) is 303 Å². The molecule has 0 saturated carbocycles. The zero-order valence-corrected chi connectivity index (χ0v) is 76.8. The number of hydrogen-bond acceptors (Lipinski definition) is 0. The molecule has 6 radical (unpaired) electrons. The Hall–Kier alpha value is -6.90. The van der Waals surface area contributed by atoms with Crippen molar-refractivity contribution in [1.82, 2.24) is 0 Å². The van der Waals surface area contributed by atoms with Crippen molar-refractivity contribution in [2.75, 3.05) is 0 Å². The molecule has 0 nitrogen and oxygen atoms in total. The molecular weight excluding hydrogens is 1780 g/mol. The number of hydrogen-bond donors (Lipinski definition) is 0. The van der Waals surface area contributed by atoms with Crippen LogP contribution >= 0.6 is 0 Å². The van der Waals surface area contributed by atoms with Crippen molar-refractivity contribution in [3.63, 3.8) is 0 Å². The molecule has 0 fully saturated rings. The Bertz CT molecular complexity index is 5830. The van der Waals surface area contributed by atoms with Crippen molar-refractivity contribution >= 4 is 64.6 Å². The van der Waals surface area contributed by atoms with Crippen molar-refractivity contribution in [3.05, 3.63) is 413 Å². The Labute approximate surface area is 795 Å². The smallest absolute Gasteiger partial charge is 0 e. The maximum absolute atomic E-state index is 3.61. The summed E-state index contributed by atoms with van der Waals surface area (Å²) in [4.78, 5) is 0. The van der Waals surface area contributed by atoms with Crippen LogP contribution in [0.1, 0.15) is 0 Å². The van der Waals surface area contributed by atoms with Crippen molar-refractivity contribution < 1.29 is 196 Å². The van der Waals surface area contributed by atoms with Crippen LogP contribution in [0.15, 0.2) is 340 Å². The average molecular weight is 1840 g/mol. The molecule has 0 N–H and O–H groups in total. The van der Waals surface area contributed by atoms with E-state index in [1.54, 1.807) is 0 Å². The van der Waals surface area contributed by atoms with E-state index in [0.29, 0.717) is 0 Å². The summed E-state index contributed by atoms with van der Waals surface area (Å²) >= 11 is 0. The first-order chi connectivity index (χ1) is 51.6. The van der Waals surface area contributed by atoms with E-state index in [4.69, 9.17) is 0 Å². The summed E-state index contributed by atoms with van der Waals surface area (Å²) in [5.74, 6) is 0. The van der Waals surface area contributed by atoms with Crippen molar-refractivity contribution in [2.45, 2.75) is 0 Å². The van der Waals surface area contributed by atoms with E-state index >= 15 is 0 Å². The fraction of sp³-hybridized carbons (Fsp3) is 0. The summed E-state index contributed by atoms with van der Waals surface area (Å²) in [5, 5.41) is 14.9. The van der Waals surface area contributed by atoms with Gasteiger partial charge in [-0.1, -0.05) is 118 Å². The molecule has 0 saturated heterocycles. The third-order valence-corrected chi connectivity index (χ3v) is 20.3. The standard InChI is InChI=1S/C64H34.C40H22.6Y/c1-5-13-43(14-6-1)47-21-29-51(30-22-47)59-41-60(52-31-23-48(24-32-52)44-15-7-2-8-16-44)56-39-40-58-62(54-35-27-50(28-36-54)46-19-11-4-12-20-46)42-61(57-38-37-55(59)63(56)64(57)58)53-33-25-49(26-34-53)45-17-9-3-10-18-45;1-3-7-27(8-4-1)29-11-15-31(16-12-29)35-23-19-33-22-26-38-36(24-20-34-21-25-37(35)39(33)40(34)38)32-17-13-30(14-18-32)28-9-5-2-6-10-28;;;;;;/h1-13,15,17,19,21,23,25,27,29-42H;1-7,9,11,13,15-26H;;;;;;/q-8;-4;;;;;;. The van der Waals surface area contributed by atoms with Gasteiger partial charge in [-0.05, 0) is 64.6 Å². The van der Waals surface area contributed by atoms with Gasteiger partial charge in [-0.25, -0.2) is 66.8 Å². The summed E-state index contributed by atoms with van der Waals surface area (Å²) in [6, 6.07) is 161. The minimum absolute atomic E-state index is 0. The molecule has 20 aromatic rings. The quantitative estimate of drug-likeness (QED) is 0.0845. The zero-order chi connectivity index (χ0) is 68.9. The van der Waals surface area contributed by atoms with Crippen LogP contribution in [-0.4, -0.2) is 0 Å². The monoisotopic (exact) mass is 1840 g/mol. The van der Waals surface area contributed by atoms with Crippen LogP contribution < -0.4 is 0 Å². The average Bonchev–Trinajstić information content (AvgIpc) is 0.709. The Balaban J connectivity index is 0.000000201. The van der Waals surface area contributed by atoms with Gasteiger partial charge < -0.3 is 0 Å². The first kappa shape index (κ1) is 81.1. The van der Waals surface area contributed by atoms with Crippen LogP contribution in [0, 0.1) is 72.8 Å². The van der Waals surface area contributed by atoms with E-state index in [-0.39, 0.29) is 196 Å². The van der Waals surface area contributed by atoms with Gasteiger partial charge in [0, 0.05) is 196 Å². The van der Waals surface area contributed by atoms with E-state index < -0.39 is 0 Å². The van der Waals surface area contributed by atoms with Crippen molar-refractivity contribution in [2.24, 2.45) is 0 Å². The van der Waals surface area contributed by atoms with Crippen LogP contribution in [0.4, 0.5) is 0 Å². The van der Waals surface area contributed by atoms with E-state index in [1.165, 1.54) is 86.9 Å². The second-order valence-corrected chi connectivity index (χ2v) is 26.3. The molecule has 110 heavy (non-hydrogen) atoms. The maximum Gasteiger partial charge on any atom is 0 e. The molecule has 0 unspecified atom stereocenters. The second-order valence-electron chi connectivity index (χ2n) is 26.3. The Morgan fingerprint density at radius 3 is 0.536 bits per heavy atom. The fourth-order valence-electron chi connectivity index (χ4n) is 15.2. The predicted molar refractivity (Wildman–Crippen MR) is 432 cm³/mol. The second kappa shape index (κ2) is 36.5. The zero-order valence-electron chi connectivity index (χ0n) is 59.8. The molecule has 0 amide bonds. The Morgan fingerprint density at radius 1 is 0.145 bits per heavy atom. The van der Waals surface area contributed by atoms with Crippen molar-refractivity contribution in [1.29, 1.82) is 0 Å². The molecule has 0 heterocycles. The summed E-state index contributed by atoms with van der Waals surface area (Å²) in [5.41, 5.74) is 26.2.